The van der Waals surface area contributed by atoms with Gasteiger partial charge in [0.25, 0.3) is 0 Å². The maximum Gasteiger partial charge on any atom is 0.236 e. The van der Waals surface area contributed by atoms with Crippen LogP contribution in [0.2, 0.25) is 5.02 Å². The monoisotopic (exact) mass is 380 g/mol. The third-order valence-electron chi connectivity index (χ3n) is 4.09. The van der Waals surface area contributed by atoms with Crippen molar-refractivity contribution >= 4 is 33.4 Å². The fourth-order valence-electron chi connectivity index (χ4n) is 2.68. The summed E-state index contributed by atoms with van der Waals surface area (Å²) in [6.07, 6.45) is 1.57. The van der Waals surface area contributed by atoms with Crippen LogP contribution in [0.5, 0.6) is 0 Å². The molecule has 0 aromatic heterocycles. The lowest BCUT2D eigenvalue weighted by molar-refractivity contribution is 0.390. The van der Waals surface area contributed by atoms with Crippen LogP contribution >= 0.6 is 11.6 Å². The van der Waals surface area contributed by atoms with Gasteiger partial charge in [-0.15, -0.1) is 0 Å². The fourth-order valence-corrected chi connectivity index (χ4v) is 3.98. The number of halogens is 2. The van der Waals surface area contributed by atoms with Gasteiger partial charge in [0, 0.05) is 42.3 Å². The molecule has 2 aromatic carbocycles. The Balaban J connectivity index is 1.63. The average molecular weight is 381 g/mol. The number of hydrogen-bond donors (Lipinski definition) is 0. The van der Waals surface area contributed by atoms with Gasteiger partial charge in [0.2, 0.25) is 10.0 Å². The summed E-state index contributed by atoms with van der Waals surface area (Å²) in [7, 11) is -3.47. The van der Waals surface area contributed by atoms with Gasteiger partial charge in [-0.2, -0.15) is 4.31 Å². The Morgan fingerprint density at radius 3 is 2.12 bits per heavy atom. The van der Waals surface area contributed by atoms with E-state index in [1.165, 1.54) is 21.8 Å². The number of nitrogens with zero attached hydrogens (tertiary/aromatic N) is 2. The molecular formula is C18H18ClFN2O2S. The van der Waals surface area contributed by atoms with E-state index in [4.69, 9.17) is 11.6 Å². The Labute approximate surface area is 152 Å². The second-order valence-electron chi connectivity index (χ2n) is 5.76. The number of anilines is 1. The van der Waals surface area contributed by atoms with Crippen LogP contribution in [-0.4, -0.2) is 38.9 Å². The number of hydrogen-bond acceptors (Lipinski definition) is 3. The summed E-state index contributed by atoms with van der Waals surface area (Å²) < 4.78 is 39.4. The number of piperazine rings is 1. The molecule has 0 aliphatic carbocycles. The molecule has 0 spiro atoms. The number of benzene rings is 2. The molecule has 0 unspecified atom stereocenters. The Morgan fingerprint density at radius 1 is 0.920 bits per heavy atom. The average Bonchev–Trinajstić information content (AvgIpc) is 2.62. The summed E-state index contributed by atoms with van der Waals surface area (Å²) in [5.74, 6) is -0.280. The van der Waals surface area contributed by atoms with Crippen LogP contribution in [0.3, 0.4) is 0 Å². The first kappa shape index (κ1) is 17.9. The van der Waals surface area contributed by atoms with E-state index in [2.05, 4.69) is 0 Å². The van der Waals surface area contributed by atoms with Crippen molar-refractivity contribution in [1.29, 1.82) is 0 Å². The smallest absolute Gasteiger partial charge is 0.236 e. The van der Waals surface area contributed by atoms with Crippen molar-refractivity contribution in [3.8, 4) is 0 Å². The molecule has 1 fully saturated rings. The summed E-state index contributed by atoms with van der Waals surface area (Å²) in [5, 5.41) is 1.83. The van der Waals surface area contributed by atoms with Crippen LogP contribution in [0.15, 0.2) is 53.9 Å². The Kier molecular flexibility index (Phi) is 5.42. The van der Waals surface area contributed by atoms with Crippen molar-refractivity contribution in [2.45, 2.75) is 0 Å². The summed E-state index contributed by atoms with van der Waals surface area (Å²) in [5.41, 5.74) is 1.67. The highest BCUT2D eigenvalue weighted by Gasteiger charge is 2.25. The van der Waals surface area contributed by atoms with E-state index >= 15 is 0 Å². The highest BCUT2D eigenvalue weighted by molar-refractivity contribution is 7.92. The van der Waals surface area contributed by atoms with Gasteiger partial charge in [0.05, 0.1) is 0 Å². The van der Waals surface area contributed by atoms with E-state index < -0.39 is 10.0 Å². The van der Waals surface area contributed by atoms with Crippen LogP contribution in [-0.2, 0) is 10.0 Å². The SMILES string of the molecule is O=S(=O)(C=Cc1ccc(Cl)cc1)N1CCN(c2ccc(F)cc2)CC1. The third-order valence-corrected chi connectivity index (χ3v) is 5.91. The van der Waals surface area contributed by atoms with Crippen molar-refractivity contribution in [2.24, 2.45) is 0 Å². The highest BCUT2D eigenvalue weighted by atomic mass is 35.5. The first-order valence-corrected chi connectivity index (χ1v) is 9.76. The molecule has 3 rings (SSSR count). The summed E-state index contributed by atoms with van der Waals surface area (Å²) in [6.45, 7) is 1.93. The van der Waals surface area contributed by atoms with Crippen molar-refractivity contribution in [2.75, 3.05) is 31.1 Å². The minimum atomic E-state index is -3.47. The van der Waals surface area contributed by atoms with Gasteiger partial charge in [-0.25, -0.2) is 12.8 Å². The molecule has 2 aromatic rings. The van der Waals surface area contributed by atoms with Crippen LogP contribution in [0.4, 0.5) is 10.1 Å². The van der Waals surface area contributed by atoms with Crippen molar-refractivity contribution in [1.82, 2.24) is 4.31 Å². The zero-order chi connectivity index (χ0) is 17.9. The molecule has 7 heteroatoms. The molecule has 4 nitrogen and oxygen atoms in total. The first-order chi connectivity index (χ1) is 11.9. The van der Waals surface area contributed by atoms with Crippen LogP contribution < -0.4 is 4.90 Å². The topological polar surface area (TPSA) is 40.6 Å². The lowest BCUT2D eigenvalue weighted by Gasteiger charge is -2.34. The molecule has 0 saturated carbocycles. The summed E-state index contributed by atoms with van der Waals surface area (Å²) in [6, 6.07) is 13.2. The lowest BCUT2D eigenvalue weighted by atomic mass is 10.2. The number of rotatable bonds is 4. The minimum Gasteiger partial charge on any atom is -0.369 e. The van der Waals surface area contributed by atoms with Gasteiger partial charge in [0.1, 0.15) is 5.82 Å². The second-order valence-corrected chi connectivity index (χ2v) is 8.02. The predicted octanol–water partition coefficient (Wildman–Crippen LogP) is 3.60. The summed E-state index contributed by atoms with van der Waals surface area (Å²) >= 11 is 5.82. The van der Waals surface area contributed by atoms with E-state index in [-0.39, 0.29) is 5.82 Å². The maximum atomic E-state index is 13.0. The molecule has 132 valence electrons. The normalized spacial score (nSPS) is 16.5. The maximum absolute atomic E-state index is 13.0. The van der Waals surface area contributed by atoms with Gasteiger partial charge in [-0.05, 0) is 48.0 Å². The van der Waals surface area contributed by atoms with E-state index in [1.807, 2.05) is 4.90 Å². The first-order valence-electron chi connectivity index (χ1n) is 7.88. The van der Waals surface area contributed by atoms with Crippen LogP contribution in [0.25, 0.3) is 6.08 Å². The molecule has 1 aliphatic rings. The molecule has 25 heavy (non-hydrogen) atoms. The van der Waals surface area contributed by atoms with E-state index in [1.54, 1.807) is 42.5 Å². The Morgan fingerprint density at radius 2 is 1.52 bits per heavy atom. The van der Waals surface area contributed by atoms with Crippen LogP contribution in [0, 0.1) is 5.82 Å². The molecule has 0 atom stereocenters. The highest BCUT2D eigenvalue weighted by Crippen LogP contribution is 2.19. The quantitative estimate of drug-likeness (QED) is 0.813. The van der Waals surface area contributed by atoms with Crippen LogP contribution in [0.1, 0.15) is 5.56 Å². The third kappa shape index (κ3) is 4.60. The molecule has 0 N–H and O–H groups in total. The standard InChI is InChI=1S/C18H18ClFN2O2S/c19-16-3-1-15(2-4-16)9-14-25(23,24)22-12-10-21(11-13-22)18-7-5-17(20)6-8-18/h1-9,14H,10-13H2. The minimum absolute atomic E-state index is 0.280. The zero-order valence-corrected chi connectivity index (χ0v) is 15.0. The van der Waals surface area contributed by atoms with Gasteiger partial charge in [0.15, 0.2) is 0 Å². The van der Waals surface area contributed by atoms with Gasteiger partial charge in [-0.3, -0.25) is 0 Å². The zero-order valence-electron chi connectivity index (χ0n) is 13.5. The van der Waals surface area contributed by atoms with Gasteiger partial charge < -0.3 is 4.90 Å². The van der Waals surface area contributed by atoms with E-state index in [9.17, 15) is 12.8 Å². The van der Waals surface area contributed by atoms with Gasteiger partial charge >= 0.3 is 0 Å². The predicted molar refractivity (Wildman–Crippen MR) is 99.6 cm³/mol. The van der Waals surface area contributed by atoms with Crippen molar-refractivity contribution in [3.63, 3.8) is 0 Å². The lowest BCUT2D eigenvalue weighted by Crippen LogP contribution is -2.48. The largest absolute Gasteiger partial charge is 0.369 e. The van der Waals surface area contributed by atoms with Gasteiger partial charge in [-0.1, -0.05) is 23.7 Å². The van der Waals surface area contributed by atoms with Crippen molar-refractivity contribution < 1.29 is 12.8 Å². The molecular weight excluding hydrogens is 363 g/mol. The fraction of sp³-hybridized carbons (Fsp3) is 0.222. The molecule has 0 amide bonds. The Bertz CT molecular complexity index is 844. The van der Waals surface area contributed by atoms with E-state index in [0.717, 1.165) is 11.3 Å². The number of sulfonamides is 1. The van der Waals surface area contributed by atoms with Crippen molar-refractivity contribution in [3.05, 3.63) is 70.3 Å². The summed E-state index contributed by atoms with van der Waals surface area (Å²) in [4.78, 5) is 2.05. The molecule has 0 bridgehead atoms. The second kappa shape index (κ2) is 7.56. The van der Waals surface area contributed by atoms with E-state index in [0.29, 0.717) is 31.2 Å². The molecule has 0 radical (unpaired) electrons. The molecule has 1 heterocycles. The molecule has 1 aliphatic heterocycles. The Hall–Kier alpha value is -1.89. The molecule has 1 saturated heterocycles.